The maximum Gasteiger partial charge on any atom is 0.122 e. The number of nitrogens with zero attached hydrogens (tertiary/aromatic N) is 1. The minimum atomic E-state index is 0.749. The number of ether oxygens (including phenoxy) is 1. The van der Waals surface area contributed by atoms with Gasteiger partial charge in [0.1, 0.15) is 5.75 Å². The number of piperidine rings is 1. The third-order valence-corrected chi connectivity index (χ3v) is 4.89. The normalized spacial score (nSPS) is 25.8. The molecule has 2 atom stereocenters. The van der Waals surface area contributed by atoms with E-state index in [-0.39, 0.29) is 0 Å². The molecule has 2 heterocycles. The van der Waals surface area contributed by atoms with Gasteiger partial charge in [-0.3, -0.25) is 0 Å². The Bertz CT molecular complexity index is 460. The van der Waals surface area contributed by atoms with Crippen molar-refractivity contribution >= 4 is 0 Å². The lowest BCUT2D eigenvalue weighted by Crippen LogP contribution is -2.40. The van der Waals surface area contributed by atoms with Gasteiger partial charge in [0, 0.05) is 25.7 Å². The predicted molar refractivity (Wildman–Crippen MR) is 87.0 cm³/mol. The van der Waals surface area contributed by atoms with Gasteiger partial charge in [-0.05, 0) is 62.8 Å². The van der Waals surface area contributed by atoms with Crippen molar-refractivity contribution < 1.29 is 4.74 Å². The van der Waals surface area contributed by atoms with Crippen LogP contribution in [0.4, 0.5) is 0 Å². The van der Waals surface area contributed by atoms with Crippen molar-refractivity contribution in [3.63, 3.8) is 0 Å². The van der Waals surface area contributed by atoms with Crippen molar-refractivity contribution in [2.75, 3.05) is 32.8 Å². The van der Waals surface area contributed by atoms with Crippen LogP contribution in [0.2, 0.25) is 0 Å². The molecule has 1 N–H and O–H groups in total. The summed E-state index contributed by atoms with van der Waals surface area (Å²) in [5.74, 6) is 1.94. The molecule has 0 radical (unpaired) electrons. The van der Waals surface area contributed by atoms with Crippen molar-refractivity contribution in [1.82, 2.24) is 10.2 Å². The van der Waals surface area contributed by atoms with E-state index in [1.54, 1.807) is 0 Å². The van der Waals surface area contributed by atoms with Gasteiger partial charge in [0.15, 0.2) is 0 Å². The van der Waals surface area contributed by atoms with Crippen molar-refractivity contribution in [3.05, 3.63) is 29.3 Å². The average molecular weight is 288 g/mol. The highest BCUT2D eigenvalue weighted by molar-refractivity contribution is 5.35. The van der Waals surface area contributed by atoms with E-state index in [0.717, 1.165) is 30.7 Å². The molecule has 2 aliphatic rings. The summed E-state index contributed by atoms with van der Waals surface area (Å²) in [5, 5.41) is 3.67. The highest BCUT2D eigenvalue weighted by Gasteiger charge is 2.33. The Hall–Kier alpha value is -1.06. The SMILES string of the molecule is Cc1ccc(C)c(OCCCN2C[C@@H]3CCCN[C@@H]3C2)c1. The minimum absolute atomic E-state index is 0.749. The van der Waals surface area contributed by atoms with Crippen LogP contribution in [0.25, 0.3) is 0 Å². The van der Waals surface area contributed by atoms with E-state index in [1.165, 1.54) is 50.1 Å². The van der Waals surface area contributed by atoms with Gasteiger partial charge in [-0.1, -0.05) is 12.1 Å². The third kappa shape index (κ3) is 3.78. The Labute approximate surface area is 128 Å². The minimum Gasteiger partial charge on any atom is -0.493 e. The topological polar surface area (TPSA) is 24.5 Å². The zero-order valence-corrected chi connectivity index (χ0v) is 13.4. The van der Waals surface area contributed by atoms with Gasteiger partial charge >= 0.3 is 0 Å². The van der Waals surface area contributed by atoms with Crippen LogP contribution in [0.1, 0.15) is 30.4 Å². The molecule has 2 aliphatic heterocycles. The van der Waals surface area contributed by atoms with Crippen molar-refractivity contribution in [3.8, 4) is 5.75 Å². The largest absolute Gasteiger partial charge is 0.493 e. The molecule has 3 rings (SSSR count). The molecular weight excluding hydrogens is 260 g/mol. The summed E-state index contributed by atoms with van der Waals surface area (Å²) in [6.45, 7) is 9.94. The first-order chi connectivity index (χ1) is 10.2. The van der Waals surface area contributed by atoms with Crippen LogP contribution < -0.4 is 10.1 Å². The van der Waals surface area contributed by atoms with Crippen molar-refractivity contribution in [2.24, 2.45) is 5.92 Å². The number of rotatable bonds is 5. The van der Waals surface area contributed by atoms with E-state index in [9.17, 15) is 0 Å². The summed E-state index contributed by atoms with van der Waals surface area (Å²) >= 11 is 0. The summed E-state index contributed by atoms with van der Waals surface area (Å²) in [6.07, 6.45) is 3.88. The molecule has 0 amide bonds. The molecule has 0 spiro atoms. The Morgan fingerprint density at radius 1 is 1.29 bits per heavy atom. The van der Waals surface area contributed by atoms with Crippen LogP contribution in [0.5, 0.6) is 5.75 Å². The molecule has 0 saturated carbocycles. The fourth-order valence-electron chi connectivity index (χ4n) is 3.65. The summed E-state index contributed by atoms with van der Waals surface area (Å²) < 4.78 is 5.95. The fraction of sp³-hybridized carbons (Fsp3) is 0.667. The first kappa shape index (κ1) is 14.9. The van der Waals surface area contributed by atoms with Gasteiger partial charge in [-0.25, -0.2) is 0 Å². The quantitative estimate of drug-likeness (QED) is 0.843. The van der Waals surface area contributed by atoms with E-state index in [4.69, 9.17) is 4.74 Å². The van der Waals surface area contributed by atoms with Crippen LogP contribution in [-0.4, -0.2) is 43.7 Å². The number of likely N-dealkylation sites (tertiary alicyclic amines) is 1. The molecule has 2 fully saturated rings. The van der Waals surface area contributed by atoms with E-state index in [2.05, 4.69) is 42.3 Å². The first-order valence-corrected chi connectivity index (χ1v) is 8.38. The van der Waals surface area contributed by atoms with E-state index in [0.29, 0.717) is 0 Å². The van der Waals surface area contributed by atoms with Gasteiger partial charge in [0.2, 0.25) is 0 Å². The molecule has 21 heavy (non-hydrogen) atoms. The van der Waals surface area contributed by atoms with Crippen LogP contribution in [0, 0.1) is 19.8 Å². The van der Waals surface area contributed by atoms with Gasteiger partial charge in [0.25, 0.3) is 0 Å². The molecule has 1 aromatic rings. The van der Waals surface area contributed by atoms with E-state index >= 15 is 0 Å². The van der Waals surface area contributed by atoms with Gasteiger partial charge < -0.3 is 15.0 Å². The second-order valence-corrected chi connectivity index (χ2v) is 6.69. The van der Waals surface area contributed by atoms with Gasteiger partial charge in [-0.2, -0.15) is 0 Å². The van der Waals surface area contributed by atoms with Gasteiger partial charge in [-0.15, -0.1) is 0 Å². The van der Waals surface area contributed by atoms with E-state index in [1.807, 2.05) is 0 Å². The second-order valence-electron chi connectivity index (χ2n) is 6.69. The Morgan fingerprint density at radius 2 is 2.19 bits per heavy atom. The highest BCUT2D eigenvalue weighted by Crippen LogP contribution is 2.25. The molecule has 2 saturated heterocycles. The molecule has 1 aromatic carbocycles. The molecule has 0 aromatic heterocycles. The number of hydrogen-bond acceptors (Lipinski definition) is 3. The Kier molecular flexibility index (Phi) is 4.81. The average Bonchev–Trinajstić information content (AvgIpc) is 2.89. The summed E-state index contributed by atoms with van der Waals surface area (Å²) in [6, 6.07) is 7.17. The summed E-state index contributed by atoms with van der Waals surface area (Å²) in [7, 11) is 0. The highest BCUT2D eigenvalue weighted by atomic mass is 16.5. The molecule has 0 unspecified atom stereocenters. The Balaban J connectivity index is 1.39. The van der Waals surface area contributed by atoms with Crippen molar-refractivity contribution in [2.45, 2.75) is 39.2 Å². The van der Waals surface area contributed by atoms with Gasteiger partial charge in [0.05, 0.1) is 6.61 Å². The lowest BCUT2D eigenvalue weighted by Gasteiger charge is -2.24. The van der Waals surface area contributed by atoms with Crippen LogP contribution in [-0.2, 0) is 0 Å². The van der Waals surface area contributed by atoms with Crippen LogP contribution in [0.15, 0.2) is 18.2 Å². The summed E-state index contributed by atoms with van der Waals surface area (Å²) in [4.78, 5) is 2.61. The number of nitrogens with one attached hydrogen (secondary N) is 1. The number of benzene rings is 1. The zero-order chi connectivity index (χ0) is 14.7. The lowest BCUT2D eigenvalue weighted by atomic mass is 9.94. The lowest BCUT2D eigenvalue weighted by molar-refractivity contribution is 0.256. The maximum absolute atomic E-state index is 5.95. The number of aryl methyl sites for hydroxylation is 2. The summed E-state index contributed by atoms with van der Waals surface area (Å²) in [5.41, 5.74) is 2.50. The molecular formula is C18H28N2O. The molecule has 0 bridgehead atoms. The zero-order valence-electron chi connectivity index (χ0n) is 13.4. The molecule has 0 aliphatic carbocycles. The molecule has 3 heteroatoms. The maximum atomic E-state index is 5.95. The van der Waals surface area contributed by atoms with E-state index < -0.39 is 0 Å². The first-order valence-electron chi connectivity index (χ1n) is 8.38. The monoisotopic (exact) mass is 288 g/mol. The van der Waals surface area contributed by atoms with Crippen LogP contribution in [0.3, 0.4) is 0 Å². The standard InChI is InChI=1S/C18H28N2O/c1-14-6-7-15(2)18(11-14)21-10-4-9-20-12-16-5-3-8-19-17(16)13-20/h6-7,11,16-17,19H,3-5,8-10,12-13H2,1-2H3/t16-,17+/m0/s1. The molecule has 116 valence electrons. The fourth-order valence-corrected chi connectivity index (χ4v) is 3.65. The predicted octanol–water partition coefficient (Wildman–Crippen LogP) is 2.76. The number of hydrogen-bond donors (Lipinski definition) is 1. The van der Waals surface area contributed by atoms with Crippen LogP contribution >= 0.6 is 0 Å². The van der Waals surface area contributed by atoms with Crippen molar-refractivity contribution in [1.29, 1.82) is 0 Å². The smallest absolute Gasteiger partial charge is 0.122 e. The molecule has 3 nitrogen and oxygen atoms in total. The third-order valence-electron chi connectivity index (χ3n) is 4.89. The Morgan fingerprint density at radius 3 is 3.05 bits per heavy atom. The number of fused-ring (bicyclic) bond motifs is 1. The second kappa shape index (κ2) is 6.80.